The Morgan fingerprint density at radius 2 is 1.59 bits per heavy atom. The number of Topliss-reactive ketones (excluding diaryl/α,β-unsaturated/α-hetero) is 1. The smallest absolute Gasteiger partial charge is 0.295 e. The van der Waals surface area contributed by atoms with Crippen LogP contribution in [0.1, 0.15) is 22.7 Å². The minimum Gasteiger partial charge on any atom is -0.506 e. The number of likely N-dealkylation sites (tertiary alicyclic amines) is 1. The first kappa shape index (κ1) is 22.8. The molecule has 0 spiro atoms. The number of carbonyl (C=O) groups is 2. The second-order valence-corrected chi connectivity index (χ2v) is 7.60. The minimum atomic E-state index is -0.863. The summed E-state index contributed by atoms with van der Waals surface area (Å²) in [5.74, 6) is -0.727. The van der Waals surface area contributed by atoms with Crippen molar-refractivity contribution < 1.29 is 28.9 Å². The average molecular weight is 460 g/mol. The van der Waals surface area contributed by atoms with Gasteiger partial charge in [0.2, 0.25) is 0 Å². The quantitative estimate of drug-likeness (QED) is 0.326. The van der Waals surface area contributed by atoms with Gasteiger partial charge in [-0.3, -0.25) is 14.6 Å². The van der Waals surface area contributed by atoms with Crippen molar-refractivity contribution in [2.75, 3.05) is 21.3 Å². The number of ketones is 1. The molecule has 8 nitrogen and oxygen atoms in total. The third-order valence-electron chi connectivity index (χ3n) is 5.72. The number of aliphatic hydroxyl groups excluding tert-OH is 1. The van der Waals surface area contributed by atoms with E-state index in [2.05, 4.69) is 4.98 Å². The fourth-order valence-corrected chi connectivity index (χ4v) is 4.11. The number of aromatic nitrogens is 1. The van der Waals surface area contributed by atoms with E-state index in [1.165, 1.54) is 26.2 Å². The number of hydrogen-bond acceptors (Lipinski definition) is 7. The molecule has 174 valence electrons. The van der Waals surface area contributed by atoms with Gasteiger partial charge in [0.05, 0.1) is 32.9 Å². The second-order valence-electron chi connectivity index (χ2n) is 7.60. The van der Waals surface area contributed by atoms with E-state index in [0.717, 1.165) is 5.56 Å². The summed E-state index contributed by atoms with van der Waals surface area (Å²) >= 11 is 0. The minimum absolute atomic E-state index is 0.0601. The molecule has 0 aliphatic carbocycles. The standard InChI is InChI=1S/C26H24N2O6/c1-32-18-7-4-6-17(14-18)23-22(24(29)21-19(33-2)8-5-9-20(21)34-3)25(30)26(31)28(23)15-16-10-12-27-13-11-16/h4-14,23,29H,15H2,1-3H3/b24-22+. The molecule has 1 N–H and O–H groups in total. The summed E-state index contributed by atoms with van der Waals surface area (Å²) in [6.07, 6.45) is 3.23. The van der Waals surface area contributed by atoms with Crippen LogP contribution in [-0.4, -0.2) is 48.0 Å². The number of rotatable bonds is 7. The molecular weight excluding hydrogens is 436 g/mol. The summed E-state index contributed by atoms with van der Waals surface area (Å²) in [7, 11) is 4.44. The summed E-state index contributed by atoms with van der Waals surface area (Å²) in [6, 6.07) is 14.7. The third-order valence-corrected chi connectivity index (χ3v) is 5.72. The molecule has 8 heteroatoms. The van der Waals surface area contributed by atoms with Crippen molar-refractivity contribution in [1.82, 2.24) is 9.88 Å². The number of aliphatic hydroxyl groups is 1. The SMILES string of the molecule is COc1cccc(C2/C(=C(\O)c3c(OC)cccc3OC)C(=O)C(=O)N2Cc2ccncc2)c1. The van der Waals surface area contributed by atoms with E-state index in [1.54, 1.807) is 67.0 Å². The van der Waals surface area contributed by atoms with Crippen LogP contribution in [0.4, 0.5) is 0 Å². The Kier molecular flexibility index (Phi) is 6.49. The topological polar surface area (TPSA) is 98.2 Å². The zero-order valence-electron chi connectivity index (χ0n) is 19.0. The molecule has 1 aliphatic rings. The predicted molar refractivity (Wildman–Crippen MR) is 125 cm³/mol. The number of carbonyl (C=O) groups excluding carboxylic acids is 2. The van der Waals surface area contributed by atoms with Gasteiger partial charge in [-0.2, -0.15) is 0 Å². The average Bonchev–Trinajstić information content (AvgIpc) is 3.13. The normalized spacial score (nSPS) is 17.0. The van der Waals surface area contributed by atoms with E-state index < -0.39 is 17.7 Å². The molecule has 0 bridgehead atoms. The second kappa shape index (κ2) is 9.66. The van der Waals surface area contributed by atoms with Crippen molar-refractivity contribution in [3.8, 4) is 17.2 Å². The number of nitrogens with zero attached hydrogens (tertiary/aromatic N) is 2. The molecule has 0 saturated carbocycles. The van der Waals surface area contributed by atoms with Gasteiger partial charge in [-0.05, 0) is 47.5 Å². The Bertz CT molecular complexity index is 1230. The van der Waals surface area contributed by atoms with E-state index in [4.69, 9.17) is 14.2 Å². The van der Waals surface area contributed by atoms with Crippen LogP contribution in [0.5, 0.6) is 17.2 Å². The fourth-order valence-electron chi connectivity index (χ4n) is 4.11. The lowest BCUT2D eigenvalue weighted by Gasteiger charge is -2.26. The summed E-state index contributed by atoms with van der Waals surface area (Å²) in [4.78, 5) is 32.0. The lowest BCUT2D eigenvalue weighted by molar-refractivity contribution is -0.140. The van der Waals surface area contributed by atoms with Crippen LogP contribution in [0, 0.1) is 0 Å². The molecule has 1 atom stereocenters. The van der Waals surface area contributed by atoms with Crippen LogP contribution < -0.4 is 14.2 Å². The molecule has 2 heterocycles. The molecule has 0 radical (unpaired) electrons. The Labute approximate surface area is 197 Å². The molecule has 2 aromatic carbocycles. The first-order chi connectivity index (χ1) is 16.5. The van der Waals surface area contributed by atoms with Crippen LogP contribution in [0.3, 0.4) is 0 Å². The molecule has 1 saturated heterocycles. The Balaban J connectivity index is 1.95. The summed E-state index contributed by atoms with van der Waals surface area (Å²) < 4.78 is 16.2. The Morgan fingerprint density at radius 3 is 2.21 bits per heavy atom. The maximum Gasteiger partial charge on any atom is 0.295 e. The number of amides is 1. The highest BCUT2D eigenvalue weighted by atomic mass is 16.5. The Hall–Kier alpha value is -4.33. The molecular formula is C26H24N2O6. The van der Waals surface area contributed by atoms with E-state index in [-0.39, 0.29) is 23.4 Å². The third kappa shape index (κ3) is 4.05. The molecule has 4 rings (SSSR count). The molecule has 34 heavy (non-hydrogen) atoms. The van der Waals surface area contributed by atoms with Crippen LogP contribution in [-0.2, 0) is 16.1 Å². The van der Waals surface area contributed by atoms with Gasteiger partial charge in [0.25, 0.3) is 11.7 Å². The maximum absolute atomic E-state index is 13.3. The van der Waals surface area contributed by atoms with Gasteiger partial charge in [0.15, 0.2) is 0 Å². The van der Waals surface area contributed by atoms with E-state index in [0.29, 0.717) is 22.8 Å². The van der Waals surface area contributed by atoms with Gasteiger partial charge < -0.3 is 24.2 Å². The summed E-state index contributed by atoms with van der Waals surface area (Å²) in [5, 5.41) is 11.5. The van der Waals surface area contributed by atoms with Crippen LogP contribution in [0.15, 0.2) is 72.6 Å². The molecule has 1 aromatic heterocycles. The summed E-state index contributed by atoms with van der Waals surface area (Å²) in [6.45, 7) is 0.148. The van der Waals surface area contributed by atoms with Crippen molar-refractivity contribution >= 4 is 17.4 Å². The van der Waals surface area contributed by atoms with Gasteiger partial charge in [-0.15, -0.1) is 0 Å². The van der Waals surface area contributed by atoms with Crippen LogP contribution >= 0.6 is 0 Å². The molecule has 1 aliphatic heterocycles. The van der Waals surface area contributed by atoms with E-state index >= 15 is 0 Å². The number of ether oxygens (including phenoxy) is 3. The monoisotopic (exact) mass is 460 g/mol. The van der Waals surface area contributed by atoms with Crippen molar-refractivity contribution in [2.24, 2.45) is 0 Å². The largest absolute Gasteiger partial charge is 0.506 e. The van der Waals surface area contributed by atoms with Gasteiger partial charge in [0, 0.05) is 18.9 Å². The lowest BCUT2D eigenvalue weighted by Crippen LogP contribution is -2.29. The van der Waals surface area contributed by atoms with Gasteiger partial charge in [-0.1, -0.05) is 18.2 Å². The first-order valence-electron chi connectivity index (χ1n) is 10.5. The fraction of sp³-hybridized carbons (Fsp3) is 0.192. The van der Waals surface area contributed by atoms with E-state index in [1.807, 2.05) is 0 Å². The highest BCUT2D eigenvalue weighted by Crippen LogP contribution is 2.44. The molecule has 1 amide bonds. The van der Waals surface area contributed by atoms with Crippen molar-refractivity contribution in [3.63, 3.8) is 0 Å². The highest BCUT2D eigenvalue weighted by molar-refractivity contribution is 6.46. The van der Waals surface area contributed by atoms with Gasteiger partial charge in [0.1, 0.15) is 28.6 Å². The number of hydrogen-bond donors (Lipinski definition) is 1. The highest BCUT2D eigenvalue weighted by Gasteiger charge is 2.46. The lowest BCUT2D eigenvalue weighted by atomic mass is 9.94. The predicted octanol–water partition coefficient (Wildman–Crippen LogP) is 3.73. The van der Waals surface area contributed by atoms with E-state index in [9.17, 15) is 14.7 Å². The molecule has 1 unspecified atom stereocenters. The molecule has 1 fully saturated rings. The number of benzene rings is 2. The zero-order chi connectivity index (χ0) is 24.2. The van der Waals surface area contributed by atoms with Crippen molar-refractivity contribution in [1.29, 1.82) is 0 Å². The zero-order valence-corrected chi connectivity index (χ0v) is 19.0. The van der Waals surface area contributed by atoms with Gasteiger partial charge >= 0.3 is 0 Å². The summed E-state index contributed by atoms with van der Waals surface area (Å²) in [5.41, 5.74) is 1.54. The number of pyridine rings is 1. The van der Waals surface area contributed by atoms with Crippen molar-refractivity contribution in [2.45, 2.75) is 12.6 Å². The van der Waals surface area contributed by atoms with Crippen LogP contribution in [0.2, 0.25) is 0 Å². The first-order valence-corrected chi connectivity index (χ1v) is 10.5. The Morgan fingerprint density at radius 1 is 0.941 bits per heavy atom. The molecule has 3 aromatic rings. The van der Waals surface area contributed by atoms with Crippen molar-refractivity contribution in [3.05, 3.63) is 89.3 Å². The van der Waals surface area contributed by atoms with Crippen LogP contribution in [0.25, 0.3) is 5.76 Å². The number of methoxy groups -OCH3 is 3. The van der Waals surface area contributed by atoms with Gasteiger partial charge in [-0.25, -0.2) is 0 Å². The maximum atomic E-state index is 13.3.